The van der Waals surface area contributed by atoms with E-state index in [1.807, 2.05) is 0 Å². The zero-order valence-corrected chi connectivity index (χ0v) is 17.0. The van der Waals surface area contributed by atoms with Crippen molar-refractivity contribution in [3.63, 3.8) is 0 Å². The summed E-state index contributed by atoms with van der Waals surface area (Å²) in [6, 6.07) is 1.24. The van der Waals surface area contributed by atoms with Gasteiger partial charge in [-0.3, -0.25) is 4.90 Å². The Morgan fingerprint density at radius 1 is 0.917 bits per heavy atom. The lowest BCUT2D eigenvalue weighted by Gasteiger charge is -2.43. The van der Waals surface area contributed by atoms with Crippen LogP contribution in [0.2, 0.25) is 0 Å². The zero-order valence-electron chi connectivity index (χ0n) is 17.0. The maximum atomic E-state index is 10.8. The van der Waals surface area contributed by atoms with Gasteiger partial charge in [0.1, 0.15) is 0 Å². The van der Waals surface area contributed by atoms with E-state index in [2.05, 4.69) is 39.5 Å². The lowest BCUT2D eigenvalue weighted by atomic mass is 9.65. The van der Waals surface area contributed by atoms with E-state index in [0.717, 1.165) is 24.2 Å². The molecule has 2 aliphatic carbocycles. The van der Waals surface area contributed by atoms with Crippen LogP contribution in [0, 0.1) is 23.7 Å². The van der Waals surface area contributed by atoms with Crippen LogP contribution in [0.4, 0.5) is 0 Å². The summed E-state index contributed by atoms with van der Waals surface area (Å²) in [6.45, 7) is 12.9. The summed E-state index contributed by atoms with van der Waals surface area (Å²) < 4.78 is 0. The Balaban J connectivity index is 2.07. The lowest BCUT2D eigenvalue weighted by molar-refractivity contribution is -0.0111. The summed E-state index contributed by atoms with van der Waals surface area (Å²) in [5.74, 6) is 2.96. The van der Waals surface area contributed by atoms with Gasteiger partial charge < -0.3 is 5.11 Å². The SMILES string of the molecule is CC1CCC(O)C([C@@H](CCN(C(C)C)C(C)C)C2CCCCC2)C1. The molecule has 0 aromatic carbocycles. The summed E-state index contributed by atoms with van der Waals surface area (Å²) in [6.07, 6.45) is 11.8. The number of hydrogen-bond acceptors (Lipinski definition) is 2. The Morgan fingerprint density at radius 2 is 1.54 bits per heavy atom. The van der Waals surface area contributed by atoms with Crippen molar-refractivity contribution >= 4 is 0 Å². The highest BCUT2D eigenvalue weighted by Gasteiger charge is 2.37. The van der Waals surface area contributed by atoms with E-state index in [-0.39, 0.29) is 6.10 Å². The molecular weight excluding hydrogens is 294 g/mol. The van der Waals surface area contributed by atoms with Gasteiger partial charge in [0, 0.05) is 12.1 Å². The molecule has 0 amide bonds. The van der Waals surface area contributed by atoms with Crippen LogP contribution in [0.15, 0.2) is 0 Å². The van der Waals surface area contributed by atoms with E-state index in [1.54, 1.807) is 0 Å². The molecule has 2 nitrogen and oxygen atoms in total. The van der Waals surface area contributed by atoms with Gasteiger partial charge in [-0.15, -0.1) is 0 Å². The topological polar surface area (TPSA) is 23.5 Å². The highest BCUT2D eigenvalue weighted by Crippen LogP contribution is 2.43. The molecule has 0 bridgehead atoms. The molecule has 0 saturated heterocycles. The average molecular weight is 338 g/mol. The highest BCUT2D eigenvalue weighted by molar-refractivity contribution is 4.88. The average Bonchev–Trinajstić information content (AvgIpc) is 2.54. The van der Waals surface area contributed by atoms with Crippen LogP contribution >= 0.6 is 0 Å². The van der Waals surface area contributed by atoms with E-state index < -0.39 is 0 Å². The Bertz CT molecular complexity index is 340. The molecule has 2 aliphatic rings. The van der Waals surface area contributed by atoms with Crippen LogP contribution < -0.4 is 0 Å². The van der Waals surface area contributed by atoms with E-state index in [0.29, 0.717) is 18.0 Å². The molecule has 0 radical (unpaired) electrons. The standard InChI is InChI=1S/C22H43NO/c1-16(2)23(17(3)4)14-13-20(19-9-7-6-8-10-19)21-15-18(5)11-12-22(21)24/h16-22,24H,6-15H2,1-5H3/t18?,20-,21?,22?/m0/s1. The number of nitrogens with zero attached hydrogens (tertiary/aromatic N) is 1. The lowest BCUT2D eigenvalue weighted by Crippen LogP contribution is -2.42. The molecule has 0 spiro atoms. The molecule has 0 aliphatic heterocycles. The van der Waals surface area contributed by atoms with Crippen LogP contribution in [0.5, 0.6) is 0 Å². The fraction of sp³-hybridized carbons (Fsp3) is 1.00. The number of rotatable bonds is 7. The van der Waals surface area contributed by atoms with E-state index in [4.69, 9.17) is 0 Å². The van der Waals surface area contributed by atoms with Gasteiger partial charge in [0.2, 0.25) is 0 Å². The summed E-state index contributed by atoms with van der Waals surface area (Å²) in [7, 11) is 0. The van der Waals surface area contributed by atoms with Crippen LogP contribution in [-0.2, 0) is 0 Å². The molecule has 142 valence electrons. The second kappa shape index (κ2) is 9.57. The van der Waals surface area contributed by atoms with Crippen molar-refractivity contribution in [2.75, 3.05) is 6.54 Å². The third-order valence-electron chi connectivity index (χ3n) is 6.98. The third-order valence-corrected chi connectivity index (χ3v) is 6.98. The van der Waals surface area contributed by atoms with Gasteiger partial charge in [-0.25, -0.2) is 0 Å². The molecule has 2 fully saturated rings. The molecule has 2 saturated carbocycles. The van der Waals surface area contributed by atoms with Crippen LogP contribution in [0.1, 0.15) is 92.4 Å². The Hall–Kier alpha value is -0.0800. The molecule has 0 aromatic rings. The summed E-state index contributed by atoms with van der Waals surface area (Å²) >= 11 is 0. The molecule has 0 aromatic heterocycles. The van der Waals surface area contributed by atoms with Crippen LogP contribution in [0.3, 0.4) is 0 Å². The predicted molar refractivity (Wildman–Crippen MR) is 104 cm³/mol. The fourth-order valence-corrected chi connectivity index (χ4v) is 5.64. The largest absolute Gasteiger partial charge is 0.393 e. The molecule has 0 heterocycles. The van der Waals surface area contributed by atoms with Crippen molar-refractivity contribution in [2.45, 2.75) is 111 Å². The maximum Gasteiger partial charge on any atom is 0.0571 e. The smallest absolute Gasteiger partial charge is 0.0571 e. The van der Waals surface area contributed by atoms with Crippen molar-refractivity contribution < 1.29 is 5.11 Å². The van der Waals surface area contributed by atoms with Gasteiger partial charge in [-0.05, 0) is 83.6 Å². The Labute approximate surface area is 151 Å². The van der Waals surface area contributed by atoms with Crippen molar-refractivity contribution in [1.29, 1.82) is 0 Å². The first-order valence-corrected chi connectivity index (χ1v) is 10.8. The van der Waals surface area contributed by atoms with Gasteiger partial charge in [0.15, 0.2) is 0 Å². The highest BCUT2D eigenvalue weighted by atomic mass is 16.3. The molecule has 3 unspecified atom stereocenters. The predicted octanol–water partition coefficient (Wildman–Crippen LogP) is 5.49. The summed E-state index contributed by atoms with van der Waals surface area (Å²) in [4.78, 5) is 2.65. The normalized spacial score (nSPS) is 31.1. The molecule has 4 atom stereocenters. The second-order valence-electron chi connectivity index (χ2n) is 9.43. The zero-order chi connectivity index (χ0) is 17.7. The maximum absolute atomic E-state index is 10.8. The second-order valence-corrected chi connectivity index (χ2v) is 9.43. The molecule has 2 rings (SSSR count). The first-order valence-electron chi connectivity index (χ1n) is 10.8. The van der Waals surface area contributed by atoms with Gasteiger partial charge in [-0.1, -0.05) is 39.0 Å². The first-order chi connectivity index (χ1) is 11.4. The summed E-state index contributed by atoms with van der Waals surface area (Å²) in [5.41, 5.74) is 0. The van der Waals surface area contributed by atoms with Crippen LogP contribution in [-0.4, -0.2) is 34.7 Å². The Kier molecular flexibility index (Phi) is 8.07. The van der Waals surface area contributed by atoms with Gasteiger partial charge in [-0.2, -0.15) is 0 Å². The minimum absolute atomic E-state index is 0.0420. The third kappa shape index (κ3) is 5.46. The molecule has 1 N–H and O–H groups in total. The van der Waals surface area contributed by atoms with Crippen molar-refractivity contribution in [1.82, 2.24) is 4.90 Å². The molecule has 2 heteroatoms. The minimum Gasteiger partial charge on any atom is -0.393 e. The van der Waals surface area contributed by atoms with E-state index in [9.17, 15) is 5.11 Å². The number of aliphatic hydroxyl groups is 1. The number of aliphatic hydroxyl groups excluding tert-OH is 1. The van der Waals surface area contributed by atoms with Crippen molar-refractivity contribution in [3.8, 4) is 0 Å². The van der Waals surface area contributed by atoms with Gasteiger partial charge >= 0.3 is 0 Å². The fourth-order valence-electron chi connectivity index (χ4n) is 5.64. The molecular formula is C22H43NO. The monoisotopic (exact) mass is 337 g/mol. The molecule has 24 heavy (non-hydrogen) atoms. The quantitative estimate of drug-likeness (QED) is 0.664. The van der Waals surface area contributed by atoms with E-state index >= 15 is 0 Å². The van der Waals surface area contributed by atoms with Gasteiger partial charge in [0.25, 0.3) is 0 Å². The first kappa shape index (κ1) is 20.2. The minimum atomic E-state index is -0.0420. The Morgan fingerprint density at radius 3 is 2.12 bits per heavy atom. The van der Waals surface area contributed by atoms with E-state index in [1.165, 1.54) is 57.9 Å². The van der Waals surface area contributed by atoms with Gasteiger partial charge in [0.05, 0.1) is 6.10 Å². The summed E-state index contributed by atoms with van der Waals surface area (Å²) in [5, 5.41) is 10.8. The van der Waals surface area contributed by atoms with Crippen molar-refractivity contribution in [2.24, 2.45) is 23.7 Å². The van der Waals surface area contributed by atoms with Crippen LogP contribution in [0.25, 0.3) is 0 Å². The van der Waals surface area contributed by atoms with Crippen molar-refractivity contribution in [3.05, 3.63) is 0 Å². The number of hydrogen-bond donors (Lipinski definition) is 1.